The molecule has 0 radical (unpaired) electrons. The Kier molecular flexibility index (Phi) is 8.18. The molecule has 9 nitrogen and oxygen atoms in total. The van der Waals surface area contributed by atoms with Gasteiger partial charge in [-0.05, 0) is 49.4 Å². The van der Waals surface area contributed by atoms with Gasteiger partial charge in [0, 0.05) is 66.2 Å². The predicted octanol–water partition coefficient (Wildman–Crippen LogP) is 6.87. The zero-order valence-corrected chi connectivity index (χ0v) is 26.5. The third-order valence-corrected chi connectivity index (χ3v) is 9.50. The molecule has 1 atom stereocenters. The van der Waals surface area contributed by atoms with Crippen LogP contribution in [0.1, 0.15) is 36.4 Å². The molecule has 2 aromatic carbocycles. The number of fused-ring (bicyclic) bond motifs is 2. The molecule has 4 heterocycles. The number of methoxy groups -OCH3 is 1. The monoisotopic (exact) mass is 642 g/mol. The van der Waals surface area contributed by atoms with E-state index in [0.717, 1.165) is 66.8 Å². The number of ether oxygens (including phenoxy) is 2. The summed E-state index contributed by atoms with van der Waals surface area (Å²) in [6.07, 6.45) is 7.21. The zero-order chi connectivity index (χ0) is 31.1. The van der Waals surface area contributed by atoms with Crippen molar-refractivity contribution in [2.75, 3.05) is 25.6 Å². The number of hydrogen-bond acceptors (Lipinski definition) is 8. The summed E-state index contributed by atoms with van der Waals surface area (Å²) in [5.41, 5.74) is 5.72. The summed E-state index contributed by atoms with van der Waals surface area (Å²) in [5, 5.41) is 13.3. The minimum Gasteiger partial charge on any atom is -0.481 e. The summed E-state index contributed by atoms with van der Waals surface area (Å²) in [6, 6.07) is 16.0. The molecule has 1 fully saturated rings. The van der Waals surface area contributed by atoms with E-state index in [4.69, 9.17) is 37.7 Å². The summed E-state index contributed by atoms with van der Waals surface area (Å²) < 4.78 is 12.7. The summed E-state index contributed by atoms with van der Waals surface area (Å²) in [7, 11) is 3.28. The van der Waals surface area contributed by atoms with Crippen LogP contribution in [0.2, 0.25) is 10.0 Å². The number of pyridine rings is 2. The van der Waals surface area contributed by atoms with Crippen molar-refractivity contribution in [2.24, 2.45) is 7.05 Å². The van der Waals surface area contributed by atoms with Gasteiger partial charge >= 0.3 is 0 Å². The van der Waals surface area contributed by atoms with Gasteiger partial charge in [0.2, 0.25) is 5.88 Å². The number of rotatable bonds is 7. The lowest BCUT2D eigenvalue weighted by atomic mass is 9.99. The fourth-order valence-corrected chi connectivity index (χ4v) is 6.98. The summed E-state index contributed by atoms with van der Waals surface area (Å²) >= 11 is 14.1. The lowest BCUT2D eigenvalue weighted by Crippen LogP contribution is -2.36. The second kappa shape index (κ2) is 12.4. The Balaban J connectivity index is 1.23. The fourth-order valence-electron chi connectivity index (χ4n) is 6.38. The SMILES string of the molecule is COc1nc(-c2cccc(-c3cccc(Nc4nccc5cnn(C)c(=O)c45)c3Cl)c2Cl)cc2c1C(NC1CCOCC1)CC2. The van der Waals surface area contributed by atoms with E-state index >= 15 is 0 Å². The lowest BCUT2D eigenvalue weighted by Gasteiger charge is -2.27. The Labute approximate surface area is 270 Å². The first kappa shape index (κ1) is 29.7. The van der Waals surface area contributed by atoms with Gasteiger partial charge in [-0.25, -0.2) is 14.6 Å². The van der Waals surface area contributed by atoms with Crippen molar-refractivity contribution < 1.29 is 9.47 Å². The molecule has 230 valence electrons. The van der Waals surface area contributed by atoms with Crippen molar-refractivity contribution in [3.63, 3.8) is 0 Å². The number of nitrogens with one attached hydrogen (secondary N) is 2. The van der Waals surface area contributed by atoms with Crippen LogP contribution >= 0.6 is 23.2 Å². The molecule has 5 aromatic rings. The maximum absolute atomic E-state index is 12.9. The Morgan fingerprint density at radius 3 is 2.56 bits per heavy atom. The van der Waals surface area contributed by atoms with Crippen molar-refractivity contribution in [1.82, 2.24) is 25.1 Å². The van der Waals surface area contributed by atoms with Crippen molar-refractivity contribution in [3.8, 4) is 28.3 Å². The zero-order valence-electron chi connectivity index (χ0n) is 24.9. The highest BCUT2D eigenvalue weighted by Gasteiger charge is 2.31. The van der Waals surface area contributed by atoms with Crippen molar-refractivity contribution >= 4 is 45.5 Å². The third-order valence-electron chi connectivity index (χ3n) is 8.69. The molecule has 1 unspecified atom stereocenters. The molecular formula is C34H32Cl2N6O3. The van der Waals surface area contributed by atoms with Gasteiger partial charge in [0.15, 0.2) is 0 Å². The predicted molar refractivity (Wildman–Crippen MR) is 178 cm³/mol. The summed E-state index contributed by atoms with van der Waals surface area (Å²) in [6.45, 7) is 1.59. The Morgan fingerprint density at radius 2 is 1.76 bits per heavy atom. The average molecular weight is 644 g/mol. The number of nitrogens with zero attached hydrogens (tertiary/aromatic N) is 4. The number of hydrogen-bond donors (Lipinski definition) is 2. The Morgan fingerprint density at radius 1 is 1.00 bits per heavy atom. The van der Waals surface area contributed by atoms with E-state index in [1.54, 1.807) is 32.6 Å². The molecule has 0 saturated carbocycles. The van der Waals surface area contributed by atoms with Crippen LogP contribution in [0.15, 0.2) is 65.7 Å². The van der Waals surface area contributed by atoms with Gasteiger partial charge in [0.25, 0.3) is 5.56 Å². The molecule has 3 aromatic heterocycles. The van der Waals surface area contributed by atoms with Crippen LogP contribution in [0.4, 0.5) is 11.5 Å². The van der Waals surface area contributed by atoms with E-state index in [1.165, 1.54) is 10.2 Å². The first-order valence-corrected chi connectivity index (χ1v) is 15.8. The average Bonchev–Trinajstić information content (AvgIpc) is 3.46. The summed E-state index contributed by atoms with van der Waals surface area (Å²) in [5.74, 6) is 1.02. The van der Waals surface area contributed by atoms with Gasteiger partial charge in [-0.3, -0.25) is 4.79 Å². The van der Waals surface area contributed by atoms with Crippen LogP contribution < -0.4 is 20.9 Å². The van der Waals surface area contributed by atoms with E-state index in [2.05, 4.69) is 26.8 Å². The first-order valence-electron chi connectivity index (χ1n) is 15.0. The van der Waals surface area contributed by atoms with Crippen LogP contribution in [0.3, 0.4) is 0 Å². The van der Waals surface area contributed by atoms with Gasteiger partial charge in [-0.2, -0.15) is 5.10 Å². The van der Waals surface area contributed by atoms with Crippen LogP contribution in [0, 0.1) is 0 Å². The van der Waals surface area contributed by atoms with E-state index < -0.39 is 0 Å². The Hall–Kier alpha value is -4.02. The topological polar surface area (TPSA) is 103 Å². The van der Waals surface area contributed by atoms with E-state index in [-0.39, 0.29) is 11.6 Å². The smallest absolute Gasteiger partial charge is 0.278 e. The van der Waals surface area contributed by atoms with Crippen molar-refractivity contribution in [1.29, 1.82) is 0 Å². The molecule has 0 spiro atoms. The molecule has 7 rings (SSSR count). The molecule has 45 heavy (non-hydrogen) atoms. The first-order chi connectivity index (χ1) is 21.9. The molecule has 1 saturated heterocycles. The van der Waals surface area contributed by atoms with Crippen molar-refractivity contribution in [2.45, 2.75) is 37.8 Å². The molecule has 1 aliphatic heterocycles. The summed E-state index contributed by atoms with van der Waals surface area (Å²) in [4.78, 5) is 22.3. The highest BCUT2D eigenvalue weighted by molar-refractivity contribution is 6.39. The van der Waals surface area contributed by atoms with E-state index in [9.17, 15) is 4.79 Å². The number of anilines is 2. The van der Waals surface area contributed by atoms with Gasteiger partial charge in [0.1, 0.15) is 5.82 Å². The highest BCUT2D eigenvalue weighted by Crippen LogP contribution is 2.44. The molecule has 2 aliphatic rings. The molecule has 0 bridgehead atoms. The van der Waals surface area contributed by atoms with Gasteiger partial charge < -0.3 is 20.1 Å². The second-order valence-corrected chi connectivity index (χ2v) is 12.1. The van der Waals surface area contributed by atoms with Crippen molar-refractivity contribution in [3.05, 3.63) is 92.5 Å². The molecule has 2 N–H and O–H groups in total. The van der Waals surface area contributed by atoms with E-state index in [0.29, 0.717) is 44.2 Å². The van der Waals surface area contributed by atoms with Crippen LogP contribution in [-0.2, 0) is 18.2 Å². The number of aromatic nitrogens is 4. The molecule has 0 amide bonds. The number of benzene rings is 2. The third kappa shape index (κ3) is 5.55. The van der Waals surface area contributed by atoms with Crippen LogP contribution in [0.25, 0.3) is 33.2 Å². The minimum absolute atomic E-state index is 0.197. The van der Waals surface area contributed by atoms with Gasteiger partial charge in [-0.15, -0.1) is 0 Å². The van der Waals surface area contributed by atoms with E-state index in [1.807, 2.05) is 36.4 Å². The second-order valence-electron chi connectivity index (χ2n) is 11.4. The number of aryl methyl sites for hydroxylation is 2. The lowest BCUT2D eigenvalue weighted by molar-refractivity contribution is 0.0748. The normalized spacial score (nSPS) is 16.6. The molecular weight excluding hydrogens is 611 g/mol. The van der Waals surface area contributed by atoms with Crippen LogP contribution in [-0.4, -0.2) is 46.1 Å². The minimum atomic E-state index is -0.255. The quantitative estimate of drug-likeness (QED) is 0.198. The Bertz CT molecular complexity index is 1970. The van der Waals surface area contributed by atoms with Gasteiger partial charge in [-0.1, -0.05) is 53.5 Å². The number of halogens is 2. The maximum Gasteiger partial charge on any atom is 0.278 e. The standard InChI is InChI=1S/C34H32Cl2N6O3/c1-42-34(43)29-20(18-38-42)11-14-37-32(29)40-26-8-4-6-23(31(26)36)22-5-3-7-24(30(22)35)27-17-19-9-10-25(28(19)33(41-27)44-2)39-21-12-15-45-16-13-21/h3-8,11,14,17-18,21,25,39H,9-10,12-13,15-16H2,1-2H3,(H,37,40). The highest BCUT2D eigenvalue weighted by atomic mass is 35.5. The molecule has 11 heteroatoms. The fraction of sp³-hybridized carbons (Fsp3) is 0.294. The molecule has 1 aliphatic carbocycles. The van der Waals surface area contributed by atoms with Crippen LogP contribution in [0.5, 0.6) is 5.88 Å². The van der Waals surface area contributed by atoms with Gasteiger partial charge in [0.05, 0.1) is 40.1 Å². The largest absolute Gasteiger partial charge is 0.481 e. The maximum atomic E-state index is 12.9.